The Morgan fingerprint density at radius 3 is 2.89 bits per heavy atom. The minimum absolute atomic E-state index is 0.0737. The van der Waals surface area contributed by atoms with Crippen molar-refractivity contribution in [3.63, 3.8) is 0 Å². The summed E-state index contributed by atoms with van der Waals surface area (Å²) in [6, 6.07) is 0. The van der Waals surface area contributed by atoms with E-state index in [-0.39, 0.29) is 12.2 Å². The van der Waals surface area contributed by atoms with E-state index < -0.39 is 0 Å². The van der Waals surface area contributed by atoms with Crippen LogP contribution in [0.4, 0.5) is 5.13 Å². The first-order chi connectivity index (χ1) is 8.61. The van der Waals surface area contributed by atoms with E-state index in [0.717, 1.165) is 48.1 Å². The molecule has 1 unspecified atom stereocenters. The van der Waals surface area contributed by atoms with Gasteiger partial charge in [0.05, 0.1) is 22.8 Å². The van der Waals surface area contributed by atoms with E-state index in [4.69, 9.17) is 4.74 Å². The molecule has 2 rings (SSSR count). The van der Waals surface area contributed by atoms with Gasteiger partial charge in [-0.3, -0.25) is 0 Å². The van der Waals surface area contributed by atoms with Crippen molar-refractivity contribution in [3.8, 4) is 0 Å². The number of aromatic nitrogens is 1. The van der Waals surface area contributed by atoms with E-state index >= 15 is 0 Å². The van der Waals surface area contributed by atoms with Crippen LogP contribution in [0.15, 0.2) is 0 Å². The number of hydrogen-bond acceptors (Lipinski definition) is 5. The molecule has 1 atom stereocenters. The molecule has 1 aliphatic heterocycles. The summed E-state index contributed by atoms with van der Waals surface area (Å²) >= 11 is 1.61. The maximum absolute atomic E-state index is 9.34. The Morgan fingerprint density at radius 1 is 1.56 bits per heavy atom. The summed E-state index contributed by atoms with van der Waals surface area (Å²) in [6.07, 6.45) is 3.10. The molecule has 4 nitrogen and oxygen atoms in total. The van der Waals surface area contributed by atoms with Gasteiger partial charge in [-0.1, -0.05) is 18.3 Å². The van der Waals surface area contributed by atoms with Crippen LogP contribution in [0.3, 0.4) is 0 Å². The zero-order valence-corrected chi connectivity index (χ0v) is 12.2. The summed E-state index contributed by atoms with van der Waals surface area (Å²) in [5.74, 6) is 0. The van der Waals surface area contributed by atoms with Crippen LogP contribution in [0.5, 0.6) is 0 Å². The lowest BCUT2D eigenvalue weighted by Gasteiger charge is -2.39. The third-order valence-electron chi connectivity index (χ3n) is 3.67. The molecule has 18 heavy (non-hydrogen) atoms. The Morgan fingerprint density at radius 2 is 2.33 bits per heavy atom. The molecule has 0 aliphatic carbocycles. The van der Waals surface area contributed by atoms with Crippen LogP contribution in [-0.4, -0.2) is 35.9 Å². The summed E-state index contributed by atoms with van der Waals surface area (Å²) in [5, 5.41) is 10.4. The monoisotopic (exact) mass is 270 g/mol. The van der Waals surface area contributed by atoms with Crippen molar-refractivity contribution in [2.24, 2.45) is 0 Å². The number of hydrogen-bond donors (Lipinski definition) is 1. The van der Waals surface area contributed by atoms with Crippen LogP contribution in [-0.2, 0) is 17.8 Å². The minimum Gasteiger partial charge on any atom is -0.391 e. The minimum atomic E-state index is -0.0737. The Labute approximate surface area is 113 Å². The summed E-state index contributed by atoms with van der Waals surface area (Å²) in [4.78, 5) is 7.94. The Kier molecular flexibility index (Phi) is 4.25. The Balaban J connectivity index is 2.18. The standard InChI is InChI=1S/C13H22N2O2S/c1-4-10-11(8-16)18-12(14-10)15-7-5-6-13(2,9-15)17-3/h16H,4-9H2,1-3H3. The zero-order valence-electron chi connectivity index (χ0n) is 11.4. The van der Waals surface area contributed by atoms with Crippen molar-refractivity contribution < 1.29 is 9.84 Å². The lowest BCUT2D eigenvalue weighted by atomic mass is 9.95. The van der Waals surface area contributed by atoms with Gasteiger partial charge in [0.15, 0.2) is 5.13 Å². The second-order valence-corrected chi connectivity index (χ2v) is 6.12. The molecule has 1 aromatic heterocycles. The lowest BCUT2D eigenvalue weighted by Crippen LogP contribution is -2.47. The fourth-order valence-electron chi connectivity index (χ4n) is 2.44. The summed E-state index contributed by atoms with van der Waals surface area (Å²) in [5.41, 5.74) is 0.956. The topological polar surface area (TPSA) is 45.6 Å². The predicted molar refractivity (Wildman–Crippen MR) is 74.3 cm³/mol. The normalized spacial score (nSPS) is 24.6. The SMILES string of the molecule is CCc1nc(N2CCCC(C)(OC)C2)sc1CO. The molecule has 1 aliphatic rings. The molecule has 102 valence electrons. The van der Waals surface area contributed by atoms with Crippen LogP contribution < -0.4 is 4.90 Å². The molecule has 0 spiro atoms. The number of aliphatic hydroxyl groups is 1. The molecule has 1 saturated heterocycles. The highest BCUT2D eigenvalue weighted by molar-refractivity contribution is 7.15. The van der Waals surface area contributed by atoms with E-state index in [0.29, 0.717) is 0 Å². The van der Waals surface area contributed by atoms with Gasteiger partial charge in [0.2, 0.25) is 0 Å². The van der Waals surface area contributed by atoms with Gasteiger partial charge < -0.3 is 14.7 Å². The second kappa shape index (κ2) is 5.55. The van der Waals surface area contributed by atoms with Crippen LogP contribution in [0.25, 0.3) is 0 Å². The maximum atomic E-state index is 9.34. The van der Waals surface area contributed by atoms with Gasteiger partial charge in [0.25, 0.3) is 0 Å². The number of nitrogens with zero attached hydrogens (tertiary/aromatic N) is 2. The quantitative estimate of drug-likeness (QED) is 0.911. The van der Waals surface area contributed by atoms with E-state index in [1.54, 1.807) is 18.4 Å². The van der Waals surface area contributed by atoms with Gasteiger partial charge in [-0.25, -0.2) is 4.98 Å². The van der Waals surface area contributed by atoms with Crippen molar-refractivity contribution in [2.75, 3.05) is 25.1 Å². The average molecular weight is 270 g/mol. The molecule has 0 radical (unpaired) electrons. The van der Waals surface area contributed by atoms with Crippen molar-refractivity contribution in [2.45, 2.75) is 45.3 Å². The van der Waals surface area contributed by atoms with E-state index in [2.05, 4.69) is 23.7 Å². The van der Waals surface area contributed by atoms with Gasteiger partial charge >= 0.3 is 0 Å². The molecule has 5 heteroatoms. The molecular formula is C13H22N2O2S. The van der Waals surface area contributed by atoms with Crippen LogP contribution >= 0.6 is 11.3 Å². The number of piperidine rings is 1. The molecule has 0 saturated carbocycles. The van der Waals surface area contributed by atoms with Gasteiger partial charge in [-0.05, 0) is 26.2 Å². The van der Waals surface area contributed by atoms with E-state index in [1.807, 2.05) is 0 Å². The highest BCUT2D eigenvalue weighted by Gasteiger charge is 2.32. The lowest BCUT2D eigenvalue weighted by molar-refractivity contribution is -0.00466. The molecule has 0 amide bonds. The first-order valence-corrected chi connectivity index (χ1v) is 7.33. The summed E-state index contributed by atoms with van der Waals surface area (Å²) < 4.78 is 5.61. The maximum Gasteiger partial charge on any atom is 0.185 e. The van der Waals surface area contributed by atoms with Crippen molar-refractivity contribution in [1.82, 2.24) is 4.98 Å². The van der Waals surface area contributed by atoms with E-state index in [9.17, 15) is 5.11 Å². The number of anilines is 1. The second-order valence-electron chi connectivity index (χ2n) is 5.06. The van der Waals surface area contributed by atoms with Gasteiger partial charge in [0.1, 0.15) is 0 Å². The highest BCUT2D eigenvalue weighted by Crippen LogP contribution is 2.32. The van der Waals surface area contributed by atoms with Crippen molar-refractivity contribution in [1.29, 1.82) is 0 Å². The van der Waals surface area contributed by atoms with Gasteiger partial charge in [-0.2, -0.15) is 0 Å². The average Bonchev–Trinajstić information content (AvgIpc) is 2.82. The molecule has 2 heterocycles. The molecule has 0 bridgehead atoms. The van der Waals surface area contributed by atoms with Crippen LogP contribution in [0.1, 0.15) is 37.3 Å². The van der Waals surface area contributed by atoms with Crippen molar-refractivity contribution in [3.05, 3.63) is 10.6 Å². The third kappa shape index (κ3) is 2.68. The fraction of sp³-hybridized carbons (Fsp3) is 0.769. The Bertz CT molecular complexity index is 386. The fourth-order valence-corrected chi connectivity index (χ4v) is 3.47. The molecule has 1 fully saturated rings. The van der Waals surface area contributed by atoms with Crippen LogP contribution in [0.2, 0.25) is 0 Å². The predicted octanol–water partition coefficient (Wildman–Crippen LogP) is 2.20. The number of aliphatic hydroxyl groups excluding tert-OH is 1. The summed E-state index contributed by atoms with van der Waals surface area (Å²) in [7, 11) is 1.78. The van der Waals surface area contributed by atoms with Crippen LogP contribution in [0, 0.1) is 0 Å². The number of methoxy groups -OCH3 is 1. The first-order valence-electron chi connectivity index (χ1n) is 6.51. The first kappa shape index (κ1) is 13.8. The number of rotatable bonds is 4. The molecular weight excluding hydrogens is 248 g/mol. The van der Waals surface area contributed by atoms with Gasteiger partial charge in [0, 0.05) is 20.2 Å². The van der Waals surface area contributed by atoms with Gasteiger partial charge in [-0.15, -0.1) is 0 Å². The number of thiazole rings is 1. The number of aryl methyl sites for hydroxylation is 1. The number of ether oxygens (including phenoxy) is 1. The Hall–Kier alpha value is -0.650. The highest BCUT2D eigenvalue weighted by atomic mass is 32.1. The van der Waals surface area contributed by atoms with E-state index in [1.165, 1.54) is 0 Å². The summed E-state index contributed by atoms with van der Waals surface area (Å²) in [6.45, 7) is 6.23. The zero-order chi connectivity index (χ0) is 13.2. The van der Waals surface area contributed by atoms with Crippen molar-refractivity contribution >= 4 is 16.5 Å². The smallest absolute Gasteiger partial charge is 0.185 e. The third-order valence-corrected chi connectivity index (χ3v) is 4.81. The molecule has 0 aromatic carbocycles. The molecule has 1 N–H and O–H groups in total. The largest absolute Gasteiger partial charge is 0.391 e. The molecule has 1 aromatic rings.